The van der Waals surface area contributed by atoms with E-state index in [9.17, 15) is 13.2 Å². The minimum atomic E-state index is -4.19. The van der Waals surface area contributed by atoms with Gasteiger partial charge in [0.1, 0.15) is 0 Å². The van der Waals surface area contributed by atoms with Gasteiger partial charge in [-0.15, -0.1) is 11.6 Å². The number of carbonyl (C=O) groups excluding carboxylic acids is 1. The predicted octanol–water partition coefficient (Wildman–Crippen LogP) is 0.564. The van der Waals surface area contributed by atoms with Crippen molar-refractivity contribution >= 4 is 27.6 Å². The molecule has 0 heterocycles. The van der Waals surface area contributed by atoms with E-state index < -0.39 is 27.3 Å². The van der Waals surface area contributed by atoms with E-state index in [1.807, 2.05) is 0 Å². The van der Waals surface area contributed by atoms with Crippen molar-refractivity contribution in [3.05, 3.63) is 12.7 Å². The first kappa shape index (κ1) is 14.4. The molecule has 1 atom stereocenters. The highest BCUT2D eigenvalue weighted by Crippen LogP contribution is 2.15. The minimum absolute atomic E-state index is 0.108. The number of carbonyl (C=O) groups is 1. The highest BCUT2D eigenvalue weighted by molar-refractivity contribution is 7.85. The summed E-state index contributed by atoms with van der Waals surface area (Å²) >= 11 is 5.61. The van der Waals surface area contributed by atoms with Gasteiger partial charge in [-0.2, -0.15) is 8.42 Å². The van der Waals surface area contributed by atoms with Crippen LogP contribution in [0.2, 0.25) is 0 Å². The largest absolute Gasteiger partial charge is 0.345 e. The fraction of sp³-hybridized carbons (Fsp3) is 0.625. The summed E-state index contributed by atoms with van der Waals surface area (Å²) in [5.74, 6) is -1.25. The fourth-order valence-corrected chi connectivity index (χ4v) is 2.59. The third-order valence-electron chi connectivity index (χ3n) is 1.97. The third kappa shape index (κ3) is 5.15. The Morgan fingerprint density at radius 3 is 2.47 bits per heavy atom. The zero-order valence-corrected chi connectivity index (χ0v) is 9.94. The van der Waals surface area contributed by atoms with Crippen LogP contribution >= 0.6 is 11.6 Å². The van der Waals surface area contributed by atoms with Crippen LogP contribution in [0.4, 0.5) is 0 Å². The lowest BCUT2D eigenvalue weighted by molar-refractivity contribution is -0.117. The molecule has 5 nitrogen and oxygen atoms in total. The topological polar surface area (TPSA) is 83.5 Å². The molecule has 7 heteroatoms. The molecule has 1 unspecified atom stereocenters. The molecule has 0 aliphatic rings. The lowest BCUT2D eigenvalue weighted by atomic mass is 10.0. The standard InChI is InChI=1S/C8H14ClNO4S/c1-3-7(11)10-8(4-2,5-9)6-15(12,13)14/h3H,1,4-6H2,2H3,(H,10,11)(H,12,13,14). The van der Waals surface area contributed by atoms with Crippen molar-refractivity contribution in [3.63, 3.8) is 0 Å². The van der Waals surface area contributed by atoms with Crippen molar-refractivity contribution in [3.8, 4) is 0 Å². The van der Waals surface area contributed by atoms with Crippen molar-refractivity contribution < 1.29 is 17.8 Å². The van der Waals surface area contributed by atoms with Crippen LogP contribution in [0.3, 0.4) is 0 Å². The second-order valence-corrected chi connectivity index (χ2v) is 4.91. The van der Waals surface area contributed by atoms with E-state index in [-0.39, 0.29) is 12.3 Å². The smallest absolute Gasteiger partial charge is 0.267 e. The molecule has 0 fully saturated rings. The van der Waals surface area contributed by atoms with Crippen molar-refractivity contribution in [2.24, 2.45) is 0 Å². The van der Waals surface area contributed by atoms with E-state index in [1.165, 1.54) is 0 Å². The first-order valence-corrected chi connectivity index (χ1v) is 6.38. The summed E-state index contributed by atoms with van der Waals surface area (Å²) in [5, 5.41) is 2.41. The maximum absolute atomic E-state index is 11.1. The second kappa shape index (κ2) is 5.48. The quantitative estimate of drug-likeness (QED) is 0.413. The molecule has 88 valence electrons. The van der Waals surface area contributed by atoms with Gasteiger partial charge in [0.15, 0.2) is 0 Å². The van der Waals surface area contributed by atoms with E-state index in [0.29, 0.717) is 0 Å². The molecule has 0 spiro atoms. The van der Waals surface area contributed by atoms with Crippen molar-refractivity contribution in [2.75, 3.05) is 11.6 Å². The van der Waals surface area contributed by atoms with Gasteiger partial charge in [-0.05, 0) is 12.5 Å². The molecule has 0 aliphatic heterocycles. The number of alkyl halides is 1. The van der Waals surface area contributed by atoms with Gasteiger partial charge in [0.25, 0.3) is 10.1 Å². The number of halogens is 1. The van der Waals surface area contributed by atoms with E-state index >= 15 is 0 Å². The van der Waals surface area contributed by atoms with Crippen LogP contribution in [-0.4, -0.2) is 36.0 Å². The molecule has 0 radical (unpaired) electrons. The lowest BCUT2D eigenvalue weighted by Gasteiger charge is -2.29. The number of nitrogens with one attached hydrogen (secondary N) is 1. The maximum Gasteiger partial charge on any atom is 0.267 e. The molecule has 0 aliphatic carbocycles. The molecule has 0 aromatic carbocycles. The summed E-state index contributed by atoms with van der Waals surface area (Å²) in [5.41, 5.74) is -1.15. The molecule has 0 saturated carbocycles. The van der Waals surface area contributed by atoms with Crippen LogP contribution in [0.25, 0.3) is 0 Å². The Labute approximate surface area is 94.2 Å². The molecular weight excluding hydrogens is 242 g/mol. The number of rotatable bonds is 6. The average Bonchev–Trinajstić information content (AvgIpc) is 2.14. The Balaban J connectivity index is 4.88. The van der Waals surface area contributed by atoms with Gasteiger partial charge < -0.3 is 5.32 Å². The Kier molecular flexibility index (Phi) is 5.27. The third-order valence-corrected chi connectivity index (χ3v) is 3.39. The lowest BCUT2D eigenvalue weighted by Crippen LogP contribution is -2.53. The van der Waals surface area contributed by atoms with Gasteiger partial charge >= 0.3 is 0 Å². The SMILES string of the molecule is C=CC(=O)NC(CC)(CCl)CS(=O)(=O)O. The Bertz CT molecular complexity index is 335. The average molecular weight is 256 g/mol. The molecule has 15 heavy (non-hydrogen) atoms. The van der Waals surface area contributed by atoms with Crippen LogP contribution in [0.15, 0.2) is 12.7 Å². The first-order valence-electron chi connectivity index (χ1n) is 4.24. The molecular formula is C8H14ClNO4S. The van der Waals surface area contributed by atoms with Crippen molar-refractivity contribution in [2.45, 2.75) is 18.9 Å². The molecule has 2 N–H and O–H groups in total. The van der Waals surface area contributed by atoms with Gasteiger partial charge in [-0.1, -0.05) is 13.5 Å². The van der Waals surface area contributed by atoms with Crippen LogP contribution in [0.1, 0.15) is 13.3 Å². The monoisotopic (exact) mass is 255 g/mol. The summed E-state index contributed by atoms with van der Waals surface area (Å²) in [7, 11) is -4.19. The molecule has 1 amide bonds. The van der Waals surface area contributed by atoms with Crippen LogP contribution in [0.5, 0.6) is 0 Å². The molecule has 0 bridgehead atoms. The Morgan fingerprint density at radius 1 is 1.67 bits per heavy atom. The fourth-order valence-electron chi connectivity index (χ4n) is 1.05. The van der Waals surface area contributed by atoms with Crippen molar-refractivity contribution in [1.82, 2.24) is 5.32 Å². The van der Waals surface area contributed by atoms with Gasteiger partial charge in [-0.25, -0.2) is 0 Å². The summed E-state index contributed by atoms with van der Waals surface area (Å²) < 4.78 is 30.2. The van der Waals surface area contributed by atoms with E-state index in [4.69, 9.17) is 16.2 Å². The van der Waals surface area contributed by atoms with Gasteiger partial charge in [0.05, 0.1) is 11.3 Å². The summed E-state index contributed by atoms with van der Waals surface area (Å²) in [4.78, 5) is 11.1. The normalized spacial score (nSPS) is 15.4. The summed E-state index contributed by atoms with van der Waals surface area (Å²) in [6, 6.07) is 0. The van der Waals surface area contributed by atoms with E-state index in [2.05, 4.69) is 11.9 Å². The van der Waals surface area contributed by atoms with Gasteiger partial charge in [0.2, 0.25) is 5.91 Å². The van der Waals surface area contributed by atoms with Crippen LogP contribution < -0.4 is 5.32 Å². The molecule has 0 aromatic heterocycles. The molecule has 0 saturated heterocycles. The summed E-state index contributed by atoms with van der Waals surface area (Å²) in [6.07, 6.45) is 1.30. The number of amides is 1. The minimum Gasteiger partial charge on any atom is -0.345 e. The summed E-state index contributed by atoms with van der Waals surface area (Å²) in [6.45, 7) is 4.91. The number of hydrogen-bond acceptors (Lipinski definition) is 3. The van der Waals surface area contributed by atoms with Gasteiger partial charge in [0, 0.05) is 5.88 Å². The molecule has 0 rings (SSSR count). The van der Waals surface area contributed by atoms with Crippen molar-refractivity contribution in [1.29, 1.82) is 0 Å². The zero-order chi connectivity index (χ0) is 12.1. The Hall–Kier alpha value is -0.590. The van der Waals surface area contributed by atoms with E-state index in [0.717, 1.165) is 6.08 Å². The first-order chi connectivity index (χ1) is 6.78. The zero-order valence-electron chi connectivity index (χ0n) is 8.36. The highest BCUT2D eigenvalue weighted by Gasteiger charge is 2.33. The maximum atomic E-state index is 11.1. The highest BCUT2D eigenvalue weighted by atomic mass is 35.5. The second-order valence-electron chi connectivity index (χ2n) is 3.19. The number of hydrogen-bond donors (Lipinski definition) is 2. The Morgan fingerprint density at radius 2 is 2.20 bits per heavy atom. The molecule has 0 aromatic rings. The van der Waals surface area contributed by atoms with E-state index in [1.54, 1.807) is 6.92 Å². The van der Waals surface area contributed by atoms with Gasteiger partial charge in [-0.3, -0.25) is 9.35 Å². The van der Waals surface area contributed by atoms with Crippen LogP contribution in [0, 0.1) is 0 Å². The van der Waals surface area contributed by atoms with Crippen LogP contribution in [-0.2, 0) is 14.9 Å². The predicted molar refractivity (Wildman–Crippen MR) is 58.5 cm³/mol.